The smallest absolute Gasteiger partial charge is 0.323 e. The molecule has 26 heavy (non-hydrogen) atoms. The number of hydrogen-bond donors (Lipinski definition) is 3. The summed E-state index contributed by atoms with van der Waals surface area (Å²) in [5.41, 5.74) is 1.73. The van der Waals surface area contributed by atoms with Gasteiger partial charge in [-0.2, -0.15) is 0 Å². The largest absolute Gasteiger partial charge is 0.350 e. The number of rotatable bonds is 3. The normalized spacial score (nSPS) is 16.6. The predicted octanol–water partition coefficient (Wildman–Crippen LogP) is 2.29. The number of urea groups is 1. The van der Waals surface area contributed by atoms with Gasteiger partial charge in [0, 0.05) is 29.5 Å². The summed E-state index contributed by atoms with van der Waals surface area (Å²) in [5.74, 6) is -0.361. The number of nitrogens with zero attached hydrogens (tertiary/aromatic N) is 1. The quantitative estimate of drug-likeness (QED) is 0.792. The lowest BCUT2D eigenvalue weighted by Gasteiger charge is -2.31. The van der Waals surface area contributed by atoms with Gasteiger partial charge in [-0.3, -0.25) is 9.59 Å². The van der Waals surface area contributed by atoms with Crippen LogP contribution in [0, 0.1) is 0 Å². The maximum atomic E-state index is 12.5. The van der Waals surface area contributed by atoms with Gasteiger partial charge < -0.3 is 20.9 Å². The second-order valence-corrected chi connectivity index (χ2v) is 6.18. The number of anilines is 2. The molecule has 0 bridgehead atoms. The minimum Gasteiger partial charge on any atom is -0.350 e. The van der Waals surface area contributed by atoms with Crippen LogP contribution in [-0.4, -0.2) is 41.9 Å². The Kier molecular flexibility index (Phi) is 5.17. The Labute approximate surface area is 151 Å². The first-order chi connectivity index (χ1) is 12.5. The summed E-state index contributed by atoms with van der Waals surface area (Å²) in [7, 11) is 0. The average molecular weight is 352 g/mol. The molecule has 0 radical (unpaired) electrons. The van der Waals surface area contributed by atoms with Crippen molar-refractivity contribution in [2.24, 2.45) is 0 Å². The van der Waals surface area contributed by atoms with E-state index >= 15 is 0 Å². The van der Waals surface area contributed by atoms with Crippen molar-refractivity contribution in [3.8, 4) is 0 Å². The van der Waals surface area contributed by atoms with Crippen LogP contribution in [0.4, 0.5) is 16.2 Å². The second kappa shape index (κ2) is 7.69. The van der Waals surface area contributed by atoms with Crippen LogP contribution in [0.3, 0.4) is 0 Å². The van der Waals surface area contributed by atoms with Gasteiger partial charge in [-0.1, -0.05) is 18.2 Å². The zero-order chi connectivity index (χ0) is 18.5. The fraction of sp³-hybridized carbons (Fsp3) is 0.211. The molecule has 2 aromatic carbocycles. The van der Waals surface area contributed by atoms with Crippen molar-refractivity contribution in [3.05, 3.63) is 60.2 Å². The number of benzene rings is 2. The molecule has 7 nitrogen and oxygen atoms in total. The number of carbonyl (C=O) groups excluding carboxylic acids is 3. The van der Waals surface area contributed by atoms with E-state index in [1.807, 2.05) is 25.1 Å². The number of carbonyl (C=O) groups is 3. The lowest BCUT2D eigenvalue weighted by molar-refractivity contribution is -0.124. The lowest BCUT2D eigenvalue weighted by Crippen LogP contribution is -2.54. The molecular formula is C19H20N4O3. The second-order valence-electron chi connectivity index (χ2n) is 6.18. The third kappa shape index (κ3) is 4.38. The van der Waals surface area contributed by atoms with Crippen LogP contribution in [0.2, 0.25) is 0 Å². The van der Waals surface area contributed by atoms with Crippen molar-refractivity contribution < 1.29 is 14.4 Å². The fourth-order valence-corrected chi connectivity index (χ4v) is 2.78. The van der Waals surface area contributed by atoms with Gasteiger partial charge in [-0.05, 0) is 43.3 Å². The van der Waals surface area contributed by atoms with Gasteiger partial charge in [-0.25, -0.2) is 4.79 Å². The van der Waals surface area contributed by atoms with E-state index in [0.717, 1.165) is 0 Å². The van der Waals surface area contributed by atoms with Crippen LogP contribution in [0.5, 0.6) is 0 Å². The number of hydrogen-bond acceptors (Lipinski definition) is 3. The number of piperazine rings is 1. The van der Waals surface area contributed by atoms with E-state index in [0.29, 0.717) is 23.5 Å². The van der Waals surface area contributed by atoms with Crippen molar-refractivity contribution in [2.75, 3.05) is 23.7 Å². The Morgan fingerprint density at radius 3 is 2.23 bits per heavy atom. The van der Waals surface area contributed by atoms with Gasteiger partial charge in [0.25, 0.3) is 5.91 Å². The summed E-state index contributed by atoms with van der Waals surface area (Å²) in [6.45, 7) is 2.39. The molecule has 134 valence electrons. The van der Waals surface area contributed by atoms with Gasteiger partial charge in [0.1, 0.15) is 0 Å². The zero-order valence-electron chi connectivity index (χ0n) is 14.4. The summed E-state index contributed by atoms with van der Waals surface area (Å²) >= 11 is 0. The molecule has 3 rings (SSSR count). The van der Waals surface area contributed by atoms with Crippen molar-refractivity contribution in [1.82, 2.24) is 10.2 Å². The molecule has 0 spiro atoms. The molecule has 1 atom stereocenters. The molecule has 4 amide bonds. The SMILES string of the molecule is C[C@@H]1CN(C(=O)c2ccc(NC(=O)Nc3ccccc3)cc2)CC(=O)N1. The zero-order valence-corrected chi connectivity index (χ0v) is 14.4. The Morgan fingerprint density at radius 2 is 1.62 bits per heavy atom. The summed E-state index contributed by atoms with van der Waals surface area (Å²) in [4.78, 5) is 37.6. The highest BCUT2D eigenvalue weighted by Gasteiger charge is 2.26. The van der Waals surface area contributed by atoms with Crippen LogP contribution >= 0.6 is 0 Å². The van der Waals surface area contributed by atoms with Gasteiger partial charge in [-0.15, -0.1) is 0 Å². The Morgan fingerprint density at radius 1 is 1.00 bits per heavy atom. The first kappa shape index (κ1) is 17.5. The third-order valence-corrected chi connectivity index (χ3v) is 3.94. The van der Waals surface area contributed by atoms with E-state index in [9.17, 15) is 14.4 Å². The molecule has 0 aromatic heterocycles. The van der Waals surface area contributed by atoms with Crippen LogP contribution in [0.15, 0.2) is 54.6 Å². The highest BCUT2D eigenvalue weighted by atomic mass is 16.2. The molecular weight excluding hydrogens is 332 g/mol. The fourth-order valence-electron chi connectivity index (χ4n) is 2.78. The summed E-state index contributed by atoms with van der Waals surface area (Å²) < 4.78 is 0. The van der Waals surface area contributed by atoms with Crippen molar-refractivity contribution >= 4 is 29.2 Å². The summed E-state index contributed by atoms with van der Waals surface area (Å²) in [6, 6.07) is 15.3. The molecule has 3 N–H and O–H groups in total. The summed E-state index contributed by atoms with van der Waals surface area (Å²) in [5, 5.41) is 8.21. The molecule has 1 heterocycles. The van der Waals surface area contributed by atoms with Crippen molar-refractivity contribution in [2.45, 2.75) is 13.0 Å². The molecule has 1 saturated heterocycles. The molecule has 0 aliphatic carbocycles. The van der Waals surface area contributed by atoms with Crippen LogP contribution < -0.4 is 16.0 Å². The summed E-state index contributed by atoms with van der Waals surface area (Å²) in [6.07, 6.45) is 0. The Hall–Kier alpha value is -3.35. The maximum absolute atomic E-state index is 12.5. The highest BCUT2D eigenvalue weighted by molar-refractivity contribution is 6.01. The predicted molar refractivity (Wildman–Crippen MR) is 99.0 cm³/mol. The molecule has 0 saturated carbocycles. The molecule has 1 aliphatic rings. The van der Waals surface area contributed by atoms with E-state index < -0.39 is 0 Å². The van der Waals surface area contributed by atoms with E-state index in [-0.39, 0.29) is 30.4 Å². The van der Waals surface area contributed by atoms with Crippen LogP contribution in [0.25, 0.3) is 0 Å². The van der Waals surface area contributed by atoms with Gasteiger partial charge in [0.2, 0.25) is 5.91 Å². The molecule has 1 fully saturated rings. The van der Waals surface area contributed by atoms with Crippen molar-refractivity contribution in [1.29, 1.82) is 0 Å². The van der Waals surface area contributed by atoms with Gasteiger partial charge >= 0.3 is 6.03 Å². The number of amides is 4. The van der Waals surface area contributed by atoms with Gasteiger partial charge in [0.15, 0.2) is 0 Å². The number of para-hydroxylation sites is 1. The molecule has 1 aliphatic heterocycles. The lowest BCUT2D eigenvalue weighted by atomic mass is 10.1. The van der Waals surface area contributed by atoms with Crippen molar-refractivity contribution in [3.63, 3.8) is 0 Å². The topological polar surface area (TPSA) is 90.5 Å². The van der Waals surface area contributed by atoms with Crippen LogP contribution in [0.1, 0.15) is 17.3 Å². The highest BCUT2D eigenvalue weighted by Crippen LogP contribution is 2.14. The van der Waals surface area contributed by atoms with E-state index in [1.165, 1.54) is 4.90 Å². The number of nitrogens with one attached hydrogen (secondary N) is 3. The Balaban J connectivity index is 1.60. The maximum Gasteiger partial charge on any atom is 0.323 e. The first-order valence-electron chi connectivity index (χ1n) is 8.33. The molecule has 0 unspecified atom stereocenters. The standard InChI is InChI=1S/C19H20N4O3/c1-13-11-23(12-17(24)20-13)18(25)14-7-9-16(10-8-14)22-19(26)21-15-5-3-2-4-6-15/h2-10,13H,11-12H2,1H3,(H,20,24)(H2,21,22,26)/t13-/m1/s1. The minimum atomic E-state index is -0.364. The van der Waals surface area contributed by atoms with E-state index in [4.69, 9.17) is 0 Å². The van der Waals surface area contributed by atoms with E-state index in [2.05, 4.69) is 16.0 Å². The van der Waals surface area contributed by atoms with Gasteiger partial charge in [0.05, 0.1) is 6.54 Å². The minimum absolute atomic E-state index is 0.0582. The molecule has 2 aromatic rings. The molecule has 7 heteroatoms. The monoisotopic (exact) mass is 352 g/mol. The Bertz CT molecular complexity index is 805. The first-order valence-corrected chi connectivity index (χ1v) is 8.33. The third-order valence-electron chi connectivity index (χ3n) is 3.94. The van der Waals surface area contributed by atoms with Crippen LogP contribution in [-0.2, 0) is 4.79 Å². The average Bonchev–Trinajstić information content (AvgIpc) is 2.61. The van der Waals surface area contributed by atoms with E-state index in [1.54, 1.807) is 36.4 Å².